The van der Waals surface area contributed by atoms with Gasteiger partial charge < -0.3 is 15.1 Å². The van der Waals surface area contributed by atoms with E-state index < -0.39 is 6.04 Å². The van der Waals surface area contributed by atoms with Crippen molar-refractivity contribution in [3.63, 3.8) is 0 Å². The molecule has 3 heterocycles. The van der Waals surface area contributed by atoms with Crippen molar-refractivity contribution in [3.05, 3.63) is 48.3 Å². The summed E-state index contributed by atoms with van der Waals surface area (Å²) in [6.07, 6.45) is 4.46. The summed E-state index contributed by atoms with van der Waals surface area (Å²) >= 11 is 0. The number of anilines is 1. The van der Waals surface area contributed by atoms with Gasteiger partial charge in [0.15, 0.2) is 0 Å². The van der Waals surface area contributed by atoms with Crippen LogP contribution in [0.25, 0.3) is 0 Å². The van der Waals surface area contributed by atoms with Crippen LogP contribution in [0.4, 0.5) is 5.69 Å². The summed E-state index contributed by atoms with van der Waals surface area (Å²) in [4.78, 5) is 29.6. The summed E-state index contributed by atoms with van der Waals surface area (Å²) in [7, 11) is 3.64. The van der Waals surface area contributed by atoms with Gasteiger partial charge in [-0.25, -0.2) is 0 Å². The van der Waals surface area contributed by atoms with Crippen molar-refractivity contribution in [3.8, 4) is 0 Å². The van der Waals surface area contributed by atoms with Crippen molar-refractivity contribution >= 4 is 29.9 Å². The Morgan fingerprint density at radius 1 is 1.25 bits per heavy atom. The second-order valence-corrected chi connectivity index (χ2v) is 7.40. The molecule has 0 radical (unpaired) electrons. The highest BCUT2D eigenvalue weighted by Crippen LogP contribution is 2.31. The van der Waals surface area contributed by atoms with Crippen LogP contribution in [0.2, 0.25) is 0 Å². The standard InChI is InChI=1S/C20H25N5O2.ClH/c1-23-13-14(10-22-23)16-11-21-12-17(16)19(26)24(2)18-8-9-25(20(18)27)15-6-4-3-5-7-15;/h3-7,10,13,16-18,21H,8-9,11-12H2,1-2H3;1H/t16-,17+,18?;/m1./s1. The number of aromatic nitrogens is 2. The Morgan fingerprint density at radius 3 is 2.68 bits per heavy atom. The van der Waals surface area contributed by atoms with Gasteiger partial charge in [-0.1, -0.05) is 18.2 Å². The zero-order valence-electron chi connectivity index (χ0n) is 16.1. The van der Waals surface area contributed by atoms with Gasteiger partial charge in [0.2, 0.25) is 11.8 Å². The summed E-state index contributed by atoms with van der Waals surface area (Å²) in [5.74, 6) is -0.0452. The highest BCUT2D eigenvalue weighted by Gasteiger charge is 2.42. The number of nitrogens with zero attached hydrogens (tertiary/aromatic N) is 4. The van der Waals surface area contributed by atoms with Crippen LogP contribution < -0.4 is 10.2 Å². The van der Waals surface area contributed by atoms with E-state index in [2.05, 4.69) is 10.4 Å². The summed E-state index contributed by atoms with van der Waals surface area (Å²) in [5.41, 5.74) is 1.96. The molecule has 7 nitrogen and oxygen atoms in total. The van der Waals surface area contributed by atoms with Crippen LogP contribution >= 0.6 is 12.4 Å². The number of para-hydroxylation sites is 1. The van der Waals surface area contributed by atoms with Gasteiger partial charge in [-0.2, -0.15) is 5.10 Å². The molecule has 2 fully saturated rings. The molecule has 3 atom stereocenters. The lowest BCUT2D eigenvalue weighted by Crippen LogP contribution is -2.46. The first-order valence-corrected chi connectivity index (χ1v) is 9.38. The first-order valence-electron chi connectivity index (χ1n) is 9.38. The fourth-order valence-electron chi connectivity index (χ4n) is 4.22. The molecule has 0 bridgehead atoms. The van der Waals surface area contributed by atoms with Gasteiger partial charge in [0.25, 0.3) is 0 Å². The number of rotatable bonds is 4. The Hall–Kier alpha value is -2.38. The topological polar surface area (TPSA) is 70.5 Å². The second kappa shape index (κ2) is 8.32. The molecule has 2 saturated heterocycles. The van der Waals surface area contributed by atoms with Crippen LogP contribution in [0.1, 0.15) is 17.9 Å². The molecule has 0 saturated carbocycles. The molecule has 2 aliphatic heterocycles. The zero-order chi connectivity index (χ0) is 19.0. The number of aryl methyl sites for hydroxylation is 1. The highest BCUT2D eigenvalue weighted by atomic mass is 35.5. The maximum Gasteiger partial charge on any atom is 0.249 e. The van der Waals surface area contributed by atoms with Crippen molar-refractivity contribution in [1.29, 1.82) is 0 Å². The molecule has 0 aliphatic carbocycles. The van der Waals surface area contributed by atoms with Crippen molar-refractivity contribution in [2.45, 2.75) is 18.4 Å². The number of hydrogen-bond acceptors (Lipinski definition) is 4. The second-order valence-electron chi connectivity index (χ2n) is 7.40. The average Bonchev–Trinajstić information content (AvgIpc) is 3.40. The van der Waals surface area contributed by atoms with Gasteiger partial charge in [-0.05, 0) is 24.1 Å². The molecule has 1 aromatic heterocycles. The van der Waals surface area contributed by atoms with E-state index in [9.17, 15) is 9.59 Å². The first-order chi connectivity index (χ1) is 13.1. The third-order valence-electron chi connectivity index (χ3n) is 5.74. The Kier molecular flexibility index (Phi) is 6.05. The first kappa shape index (κ1) is 20.4. The van der Waals surface area contributed by atoms with Gasteiger partial charge >= 0.3 is 0 Å². The lowest BCUT2D eigenvalue weighted by Gasteiger charge is -2.28. The lowest BCUT2D eigenvalue weighted by molar-refractivity contribution is -0.140. The maximum atomic E-state index is 13.2. The van der Waals surface area contributed by atoms with Gasteiger partial charge in [-0.3, -0.25) is 14.3 Å². The fraction of sp³-hybridized carbons (Fsp3) is 0.450. The number of carbonyl (C=O) groups is 2. The molecular weight excluding hydrogens is 378 g/mol. The van der Waals surface area contributed by atoms with E-state index >= 15 is 0 Å². The van der Waals surface area contributed by atoms with Crippen molar-refractivity contribution in [2.75, 3.05) is 31.6 Å². The summed E-state index contributed by atoms with van der Waals surface area (Å²) in [5, 5.41) is 7.56. The van der Waals surface area contributed by atoms with Gasteiger partial charge in [0.1, 0.15) is 6.04 Å². The molecule has 8 heteroatoms. The molecule has 1 aromatic carbocycles. The number of halogens is 1. The van der Waals surface area contributed by atoms with E-state index in [-0.39, 0.29) is 36.1 Å². The molecule has 28 heavy (non-hydrogen) atoms. The third-order valence-corrected chi connectivity index (χ3v) is 5.74. The third kappa shape index (κ3) is 3.64. The van der Waals surface area contributed by atoms with Gasteiger partial charge in [0.05, 0.1) is 12.1 Å². The predicted octanol–water partition coefficient (Wildman–Crippen LogP) is 1.41. The zero-order valence-corrected chi connectivity index (χ0v) is 16.9. The number of nitrogens with one attached hydrogen (secondary N) is 1. The summed E-state index contributed by atoms with van der Waals surface area (Å²) in [6, 6.07) is 9.25. The minimum Gasteiger partial charge on any atom is -0.333 e. The van der Waals surface area contributed by atoms with Gasteiger partial charge in [0, 0.05) is 51.5 Å². The molecule has 150 valence electrons. The number of amides is 2. The summed E-state index contributed by atoms with van der Waals surface area (Å²) < 4.78 is 1.76. The van der Waals surface area contributed by atoms with Crippen LogP contribution in [0, 0.1) is 5.92 Å². The molecule has 2 amide bonds. The SMILES string of the molecule is CN(C(=O)[C@H]1CNC[C@@H]1c1cnn(C)c1)C1CCN(c2ccccc2)C1=O.Cl. The Labute approximate surface area is 171 Å². The van der Waals surface area contributed by atoms with E-state index in [0.717, 1.165) is 17.8 Å². The van der Waals surface area contributed by atoms with E-state index in [1.807, 2.05) is 49.8 Å². The highest BCUT2D eigenvalue weighted by molar-refractivity contribution is 6.01. The molecule has 1 N–H and O–H groups in total. The van der Waals surface area contributed by atoms with Gasteiger partial charge in [-0.15, -0.1) is 12.4 Å². The van der Waals surface area contributed by atoms with E-state index in [1.54, 1.807) is 21.5 Å². The quantitative estimate of drug-likeness (QED) is 0.837. The van der Waals surface area contributed by atoms with E-state index in [1.165, 1.54) is 0 Å². The Balaban J connectivity index is 0.00000225. The molecule has 0 spiro atoms. The normalized spacial score (nSPS) is 24.3. The van der Waals surface area contributed by atoms with Crippen LogP contribution in [0.15, 0.2) is 42.7 Å². The van der Waals surface area contributed by atoms with Crippen molar-refractivity contribution in [1.82, 2.24) is 20.0 Å². The van der Waals surface area contributed by atoms with Crippen LogP contribution in [-0.4, -0.2) is 59.2 Å². The largest absolute Gasteiger partial charge is 0.333 e. The minimum absolute atomic E-state index is 0. The Bertz CT molecular complexity index is 840. The summed E-state index contributed by atoms with van der Waals surface area (Å²) in [6.45, 7) is 2.02. The smallest absolute Gasteiger partial charge is 0.249 e. The average molecular weight is 404 g/mol. The molecule has 2 aromatic rings. The van der Waals surface area contributed by atoms with Crippen molar-refractivity contribution in [2.24, 2.45) is 13.0 Å². The number of likely N-dealkylation sites (N-methyl/N-ethyl adjacent to an activating group) is 1. The molecule has 1 unspecified atom stereocenters. The van der Waals surface area contributed by atoms with E-state index in [4.69, 9.17) is 0 Å². The number of carbonyl (C=O) groups excluding carboxylic acids is 2. The van der Waals surface area contributed by atoms with E-state index in [0.29, 0.717) is 19.5 Å². The molecule has 2 aliphatic rings. The number of benzene rings is 1. The van der Waals surface area contributed by atoms with Crippen LogP contribution in [0.5, 0.6) is 0 Å². The van der Waals surface area contributed by atoms with Crippen molar-refractivity contribution < 1.29 is 9.59 Å². The molecular formula is C20H26ClN5O2. The fourth-order valence-corrected chi connectivity index (χ4v) is 4.22. The lowest BCUT2D eigenvalue weighted by atomic mass is 9.89. The molecule has 4 rings (SSSR count). The minimum atomic E-state index is -0.396. The predicted molar refractivity (Wildman–Crippen MR) is 110 cm³/mol. The maximum absolute atomic E-state index is 13.2. The van der Waals surface area contributed by atoms with Crippen LogP contribution in [0.3, 0.4) is 0 Å². The number of hydrogen-bond donors (Lipinski definition) is 1. The Morgan fingerprint density at radius 2 is 2.00 bits per heavy atom. The van der Waals surface area contributed by atoms with Crippen LogP contribution in [-0.2, 0) is 16.6 Å². The monoisotopic (exact) mass is 403 g/mol.